The molecular formula is C23H20N2Se. The molecule has 1 aromatic heterocycles. The van der Waals surface area contributed by atoms with Crippen LogP contribution < -0.4 is 4.46 Å². The molecule has 0 amide bonds. The number of hydrogen-bond donors (Lipinski definition) is 0. The van der Waals surface area contributed by atoms with E-state index in [2.05, 4.69) is 66.2 Å². The molecule has 3 heteroatoms. The monoisotopic (exact) mass is 404 g/mol. The fraction of sp³-hybridized carbons (Fsp3) is 0.130. The number of nitrogens with zero attached hydrogens (tertiary/aromatic N) is 2. The number of aromatic nitrogens is 1. The molecule has 3 aromatic rings. The molecule has 0 N–H and O–H groups in total. The van der Waals surface area contributed by atoms with Crippen molar-refractivity contribution in [3.63, 3.8) is 0 Å². The first-order valence-corrected chi connectivity index (χ1v) is 10.2. The van der Waals surface area contributed by atoms with E-state index in [1.54, 1.807) is 0 Å². The number of pyridine rings is 1. The van der Waals surface area contributed by atoms with Crippen LogP contribution in [0.2, 0.25) is 0 Å². The van der Waals surface area contributed by atoms with Crippen LogP contribution in [0.1, 0.15) is 30.9 Å². The fourth-order valence-electron chi connectivity index (χ4n) is 2.54. The maximum absolute atomic E-state index is 5.07. The van der Waals surface area contributed by atoms with E-state index < -0.39 is 0 Å². The van der Waals surface area contributed by atoms with Crippen LogP contribution in [0.15, 0.2) is 84.1 Å². The summed E-state index contributed by atoms with van der Waals surface area (Å²) in [7, 11) is 0. The summed E-state index contributed by atoms with van der Waals surface area (Å²) >= 11 is 0.136. The molecule has 1 atom stereocenters. The molecule has 0 unspecified atom stereocenters. The van der Waals surface area contributed by atoms with Gasteiger partial charge in [0.1, 0.15) is 0 Å². The van der Waals surface area contributed by atoms with Gasteiger partial charge in [-0.25, -0.2) is 0 Å². The molecule has 2 nitrogen and oxygen atoms in total. The summed E-state index contributed by atoms with van der Waals surface area (Å²) in [6.07, 6.45) is 3.69. The summed E-state index contributed by atoms with van der Waals surface area (Å²) in [5.74, 6) is 6.37. The second-order valence-electron chi connectivity index (χ2n) is 5.76. The SMILES string of the molecule is CC#Cc1ccccc1N=C([Se]c1ccccc1)[C@H](C)c1ccncc1. The van der Waals surface area contributed by atoms with E-state index in [1.165, 1.54) is 14.6 Å². The van der Waals surface area contributed by atoms with Gasteiger partial charge in [-0.15, -0.1) is 0 Å². The van der Waals surface area contributed by atoms with Crippen LogP contribution in [0.25, 0.3) is 0 Å². The first-order chi connectivity index (χ1) is 12.8. The summed E-state index contributed by atoms with van der Waals surface area (Å²) in [6.45, 7) is 4.07. The first kappa shape index (κ1) is 18.1. The molecule has 0 radical (unpaired) electrons. The Morgan fingerprint density at radius 3 is 2.38 bits per heavy atom. The predicted octanol–water partition coefficient (Wildman–Crippen LogP) is 4.32. The number of benzene rings is 2. The summed E-state index contributed by atoms with van der Waals surface area (Å²) in [5, 5.41) is 0. The van der Waals surface area contributed by atoms with Gasteiger partial charge < -0.3 is 0 Å². The minimum absolute atomic E-state index is 0.136. The summed E-state index contributed by atoms with van der Waals surface area (Å²) in [4.78, 5) is 9.21. The average molecular weight is 403 g/mol. The van der Waals surface area contributed by atoms with Gasteiger partial charge >= 0.3 is 162 Å². The van der Waals surface area contributed by atoms with Crippen molar-refractivity contribution in [3.8, 4) is 11.8 Å². The standard InChI is InChI=1S/C23H20N2Se/c1-3-9-20-10-7-8-13-22(20)25-23(26-21-11-5-4-6-12-21)18(2)19-14-16-24-17-15-19/h4-8,10-18H,1-2H3/t18-/m1/s1. The zero-order valence-electron chi connectivity index (χ0n) is 14.9. The van der Waals surface area contributed by atoms with Crippen LogP contribution in [-0.4, -0.2) is 24.6 Å². The van der Waals surface area contributed by atoms with E-state index in [4.69, 9.17) is 4.99 Å². The first-order valence-electron chi connectivity index (χ1n) is 8.51. The van der Waals surface area contributed by atoms with Crippen LogP contribution in [0.4, 0.5) is 5.69 Å². The van der Waals surface area contributed by atoms with Gasteiger partial charge in [-0.2, -0.15) is 0 Å². The van der Waals surface area contributed by atoms with Gasteiger partial charge in [-0.05, 0) is 0 Å². The van der Waals surface area contributed by atoms with Crippen molar-refractivity contribution in [3.05, 3.63) is 90.3 Å². The molecule has 1 heterocycles. The normalized spacial score (nSPS) is 12.2. The molecule has 0 saturated carbocycles. The predicted molar refractivity (Wildman–Crippen MR) is 111 cm³/mol. The zero-order chi connectivity index (χ0) is 18.2. The number of hydrogen-bond acceptors (Lipinski definition) is 2. The van der Waals surface area contributed by atoms with E-state index in [-0.39, 0.29) is 20.9 Å². The Kier molecular flexibility index (Phi) is 6.39. The quantitative estimate of drug-likeness (QED) is 0.354. The van der Waals surface area contributed by atoms with Crippen molar-refractivity contribution in [2.75, 3.05) is 0 Å². The fourth-order valence-corrected chi connectivity index (χ4v) is 4.62. The van der Waals surface area contributed by atoms with Gasteiger partial charge in [0.25, 0.3) is 0 Å². The van der Waals surface area contributed by atoms with Crippen molar-refractivity contribution in [2.24, 2.45) is 4.99 Å². The Balaban J connectivity index is 2.04. The van der Waals surface area contributed by atoms with E-state index >= 15 is 0 Å². The molecular weight excluding hydrogens is 383 g/mol. The topological polar surface area (TPSA) is 25.2 Å². The Bertz CT molecular complexity index is 938. The zero-order valence-corrected chi connectivity index (χ0v) is 16.6. The van der Waals surface area contributed by atoms with Gasteiger partial charge in [-0.1, -0.05) is 0 Å². The molecule has 0 aliphatic carbocycles. The van der Waals surface area contributed by atoms with Crippen molar-refractivity contribution in [2.45, 2.75) is 19.8 Å². The Hall–Kier alpha value is -2.66. The van der Waals surface area contributed by atoms with Gasteiger partial charge in [-0.3, -0.25) is 0 Å². The van der Waals surface area contributed by atoms with Crippen LogP contribution in [0.5, 0.6) is 0 Å². The molecule has 128 valence electrons. The van der Waals surface area contributed by atoms with Crippen LogP contribution in [0, 0.1) is 11.8 Å². The molecule has 0 bridgehead atoms. The van der Waals surface area contributed by atoms with E-state index in [9.17, 15) is 0 Å². The van der Waals surface area contributed by atoms with E-state index in [1.807, 2.05) is 43.6 Å². The average Bonchev–Trinajstić information content (AvgIpc) is 2.70. The summed E-state index contributed by atoms with van der Waals surface area (Å²) in [6, 6.07) is 22.8. The van der Waals surface area contributed by atoms with Gasteiger partial charge in [0.2, 0.25) is 0 Å². The third-order valence-electron chi connectivity index (χ3n) is 3.94. The molecule has 0 aliphatic heterocycles. The molecule has 0 spiro atoms. The van der Waals surface area contributed by atoms with Crippen LogP contribution in [-0.2, 0) is 0 Å². The van der Waals surface area contributed by atoms with Gasteiger partial charge in [0, 0.05) is 0 Å². The van der Waals surface area contributed by atoms with E-state index in [0.29, 0.717) is 0 Å². The molecule has 0 aliphatic rings. The second kappa shape index (κ2) is 9.15. The minimum atomic E-state index is 0.136. The number of rotatable bonds is 5. The van der Waals surface area contributed by atoms with Crippen molar-refractivity contribution < 1.29 is 0 Å². The third-order valence-corrected chi connectivity index (χ3v) is 6.37. The van der Waals surface area contributed by atoms with Crippen molar-refractivity contribution >= 4 is 29.7 Å². The third kappa shape index (κ3) is 4.70. The van der Waals surface area contributed by atoms with E-state index in [0.717, 1.165) is 11.3 Å². The molecule has 0 saturated heterocycles. The molecule has 2 aromatic carbocycles. The van der Waals surface area contributed by atoms with Gasteiger partial charge in [0.05, 0.1) is 0 Å². The summed E-state index contributed by atoms with van der Waals surface area (Å²) in [5.41, 5.74) is 3.14. The van der Waals surface area contributed by atoms with Crippen molar-refractivity contribution in [1.82, 2.24) is 4.98 Å². The Labute approximate surface area is 161 Å². The van der Waals surface area contributed by atoms with Crippen LogP contribution >= 0.6 is 0 Å². The second-order valence-corrected chi connectivity index (χ2v) is 8.05. The molecule has 26 heavy (non-hydrogen) atoms. The number of aliphatic imine (C=N–C) groups is 1. The number of para-hydroxylation sites is 1. The van der Waals surface area contributed by atoms with Crippen LogP contribution in [0.3, 0.4) is 0 Å². The maximum atomic E-state index is 5.07. The van der Waals surface area contributed by atoms with Crippen molar-refractivity contribution in [1.29, 1.82) is 0 Å². The Morgan fingerprint density at radius 2 is 1.65 bits per heavy atom. The summed E-state index contributed by atoms with van der Waals surface area (Å²) < 4.78 is 2.50. The molecule has 0 fully saturated rings. The molecule has 3 rings (SSSR count). The Morgan fingerprint density at radius 1 is 0.962 bits per heavy atom. The van der Waals surface area contributed by atoms with Gasteiger partial charge in [0.15, 0.2) is 0 Å².